The molecular formula is C19H29N2O2+. The fraction of sp³-hybridized carbons (Fsp3) is 0.579. The summed E-state index contributed by atoms with van der Waals surface area (Å²) < 4.78 is 0.706. The van der Waals surface area contributed by atoms with Crippen LogP contribution in [0, 0.1) is 19.8 Å². The van der Waals surface area contributed by atoms with Crippen LogP contribution in [0.1, 0.15) is 36.5 Å². The second-order valence-corrected chi connectivity index (χ2v) is 7.05. The Bertz CT molecular complexity index is 577. The number of likely N-dealkylation sites (N-methyl/N-ethyl adjacent to an activating group) is 1. The number of nitrogens with zero attached hydrogens (tertiary/aromatic N) is 1. The highest BCUT2D eigenvalue weighted by Gasteiger charge is 2.37. The van der Waals surface area contributed by atoms with Crippen LogP contribution in [-0.4, -0.2) is 42.4 Å². The third-order valence-corrected chi connectivity index (χ3v) is 5.40. The number of likely N-dealkylation sites (tertiary alicyclic amines) is 1. The molecule has 1 saturated heterocycles. The molecule has 1 aliphatic rings. The molecule has 4 heteroatoms. The van der Waals surface area contributed by atoms with E-state index in [0.717, 1.165) is 31.5 Å². The van der Waals surface area contributed by atoms with Crippen molar-refractivity contribution < 1.29 is 14.1 Å². The van der Waals surface area contributed by atoms with Crippen LogP contribution >= 0.6 is 0 Å². The Balaban J connectivity index is 2.09. The Morgan fingerprint density at radius 1 is 1.26 bits per heavy atom. The summed E-state index contributed by atoms with van der Waals surface area (Å²) >= 11 is 0. The molecule has 1 aliphatic heterocycles. The molecule has 0 aromatic heterocycles. The van der Waals surface area contributed by atoms with E-state index in [9.17, 15) is 9.59 Å². The van der Waals surface area contributed by atoms with Gasteiger partial charge in [-0.2, -0.15) is 0 Å². The van der Waals surface area contributed by atoms with Crippen molar-refractivity contribution >= 4 is 11.7 Å². The van der Waals surface area contributed by atoms with Crippen LogP contribution in [0.25, 0.3) is 0 Å². The highest BCUT2D eigenvalue weighted by atomic mass is 16.1. The molecule has 2 atom stereocenters. The lowest BCUT2D eigenvalue weighted by Gasteiger charge is -2.42. The quantitative estimate of drug-likeness (QED) is 0.817. The van der Waals surface area contributed by atoms with Gasteiger partial charge in [0.2, 0.25) is 5.91 Å². The van der Waals surface area contributed by atoms with Crippen molar-refractivity contribution in [2.24, 2.45) is 11.7 Å². The summed E-state index contributed by atoms with van der Waals surface area (Å²) in [7, 11) is 0. The van der Waals surface area contributed by atoms with Gasteiger partial charge in [-0.1, -0.05) is 18.2 Å². The van der Waals surface area contributed by atoms with Gasteiger partial charge in [0.15, 0.2) is 5.78 Å². The maximum Gasteiger partial charge on any atom is 0.226 e. The van der Waals surface area contributed by atoms with Gasteiger partial charge in [-0.3, -0.25) is 9.59 Å². The van der Waals surface area contributed by atoms with Gasteiger partial charge >= 0.3 is 0 Å². The van der Waals surface area contributed by atoms with Gasteiger partial charge in [0.05, 0.1) is 25.6 Å². The minimum Gasteiger partial charge on any atom is -0.369 e. The molecule has 2 N–H and O–H groups in total. The van der Waals surface area contributed by atoms with E-state index in [1.807, 2.05) is 6.07 Å². The van der Waals surface area contributed by atoms with E-state index in [0.29, 0.717) is 24.0 Å². The minimum atomic E-state index is -0.220. The van der Waals surface area contributed by atoms with E-state index < -0.39 is 0 Å². The number of piperidine rings is 1. The summed E-state index contributed by atoms with van der Waals surface area (Å²) in [6, 6.07) is 6.15. The molecule has 2 rings (SSSR count). The van der Waals surface area contributed by atoms with E-state index in [1.165, 1.54) is 11.1 Å². The number of hydrogen-bond donors (Lipinski definition) is 1. The average Bonchev–Trinajstić information content (AvgIpc) is 2.51. The van der Waals surface area contributed by atoms with Gasteiger partial charge in [-0.15, -0.1) is 0 Å². The lowest BCUT2D eigenvalue weighted by molar-refractivity contribution is -0.925. The number of hydrogen-bond acceptors (Lipinski definition) is 2. The van der Waals surface area contributed by atoms with Crippen LogP contribution in [0.15, 0.2) is 18.2 Å². The Morgan fingerprint density at radius 3 is 2.48 bits per heavy atom. The molecule has 0 bridgehead atoms. The van der Waals surface area contributed by atoms with Crippen LogP contribution in [0.5, 0.6) is 0 Å². The van der Waals surface area contributed by atoms with Gasteiger partial charge in [0, 0.05) is 6.42 Å². The molecule has 0 radical (unpaired) electrons. The molecular weight excluding hydrogens is 288 g/mol. The lowest BCUT2D eigenvalue weighted by atomic mass is 9.93. The molecule has 0 spiro atoms. The smallest absolute Gasteiger partial charge is 0.226 e. The zero-order valence-electron chi connectivity index (χ0n) is 14.6. The van der Waals surface area contributed by atoms with Crippen molar-refractivity contribution in [2.45, 2.75) is 40.0 Å². The number of aryl methyl sites for hydroxylation is 2. The van der Waals surface area contributed by atoms with Crippen LogP contribution in [-0.2, 0) is 16.0 Å². The SMILES string of the molecule is CC[N+]1(CC(=O)Cc2c(C)cccc2C)CCCC(C(N)=O)C1. The highest BCUT2D eigenvalue weighted by molar-refractivity contribution is 5.82. The largest absolute Gasteiger partial charge is 0.369 e. The number of rotatable bonds is 6. The van der Waals surface area contributed by atoms with Crippen LogP contribution in [0.2, 0.25) is 0 Å². The highest BCUT2D eigenvalue weighted by Crippen LogP contribution is 2.24. The first kappa shape index (κ1) is 17.7. The second-order valence-electron chi connectivity index (χ2n) is 7.05. The van der Waals surface area contributed by atoms with Gasteiger partial charge in [-0.25, -0.2) is 0 Å². The number of benzene rings is 1. The standard InChI is InChI=1S/C19H28N2O2/c1-4-21(10-6-9-16(12-21)19(20)23)13-17(22)11-18-14(2)7-5-8-15(18)3/h5,7-8,16H,4,6,9-13H2,1-3H3,(H-,20,23)/p+1. The number of primary amides is 1. The summed E-state index contributed by atoms with van der Waals surface area (Å²) in [6.45, 7) is 9.29. The maximum atomic E-state index is 12.7. The van der Waals surface area contributed by atoms with E-state index >= 15 is 0 Å². The van der Waals surface area contributed by atoms with Crippen LogP contribution in [0.3, 0.4) is 0 Å². The summed E-state index contributed by atoms with van der Waals surface area (Å²) in [5.41, 5.74) is 9.00. The normalized spacial score (nSPS) is 24.4. The number of carbonyl (C=O) groups is 2. The predicted octanol–water partition coefficient (Wildman–Crippen LogP) is 2.15. The molecule has 0 aliphatic carbocycles. The zero-order chi connectivity index (χ0) is 17.0. The lowest BCUT2D eigenvalue weighted by Crippen LogP contribution is -2.58. The van der Waals surface area contributed by atoms with E-state index in [2.05, 4.69) is 32.9 Å². The molecule has 1 heterocycles. The van der Waals surface area contributed by atoms with Crippen molar-refractivity contribution in [1.29, 1.82) is 0 Å². The molecule has 126 valence electrons. The number of amides is 1. The first-order chi connectivity index (χ1) is 10.9. The Labute approximate surface area is 139 Å². The number of carbonyl (C=O) groups excluding carboxylic acids is 2. The van der Waals surface area contributed by atoms with Gasteiger partial charge in [0.1, 0.15) is 6.54 Å². The zero-order valence-corrected chi connectivity index (χ0v) is 14.6. The van der Waals surface area contributed by atoms with Crippen molar-refractivity contribution in [3.05, 3.63) is 34.9 Å². The van der Waals surface area contributed by atoms with Crippen LogP contribution < -0.4 is 5.73 Å². The number of Topliss-reactive ketones (excluding diaryl/α,β-unsaturated/α-hetero) is 1. The van der Waals surface area contributed by atoms with Gasteiger partial charge in [-0.05, 0) is 50.3 Å². The fourth-order valence-corrected chi connectivity index (χ4v) is 3.85. The van der Waals surface area contributed by atoms with Gasteiger partial charge < -0.3 is 10.2 Å². The first-order valence-corrected chi connectivity index (χ1v) is 8.58. The summed E-state index contributed by atoms with van der Waals surface area (Å²) in [4.78, 5) is 24.2. The van der Waals surface area contributed by atoms with E-state index in [-0.39, 0.29) is 17.6 Å². The molecule has 0 saturated carbocycles. The molecule has 23 heavy (non-hydrogen) atoms. The van der Waals surface area contributed by atoms with E-state index in [4.69, 9.17) is 5.73 Å². The molecule has 1 aromatic carbocycles. The number of ketones is 1. The molecule has 1 aromatic rings. The van der Waals surface area contributed by atoms with Crippen molar-refractivity contribution in [1.82, 2.24) is 0 Å². The van der Waals surface area contributed by atoms with Gasteiger partial charge in [0.25, 0.3) is 0 Å². The Kier molecular flexibility index (Phi) is 5.58. The Morgan fingerprint density at radius 2 is 1.91 bits per heavy atom. The van der Waals surface area contributed by atoms with Crippen molar-refractivity contribution in [3.8, 4) is 0 Å². The maximum absolute atomic E-state index is 12.7. The predicted molar refractivity (Wildman–Crippen MR) is 91.9 cm³/mol. The van der Waals surface area contributed by atoms with Crippen LogP contribution in [0.4, 0.5) is 0 Å². The monoisotopic (exact) mass is 317 g/mol. The molecule has 1 amide bonds. The summed E-state index contributed by atoms with van der Waals surface area (Å²) in [5.74, 6) is -0.0473. The molecule has 2 unspecified atom stereocenters. The first-order valence-electron chi connectivity index (χ1n) is 8.58. The van der Waals surface area contributed by atoms with Crippen molar-refractivity contribution in [3.63, 3.8) is 0 Å². The average molecular weight is 317 g/mol. The summed E-state index contributed by atoms with van der Waals surface area (Å²) in [5, 5.41) is 0. The third kappa shape index (κ3) is 4.20. The topological polar surface area (TPSA) is 60.2 Å². The third-order valence-electron chi connectivity index (χ3n) is 5.40. The van der Waals surface area contributed by atoms with Crippen molar-refractivity contribution in [2.75, 3.05) is 26.2 Å². The number of nitrogens with two attached hydrogens (primary N) is 1. The molecule has 4 nitrogen and oxygen atoms in total. The fourth-order valence-electron chi connectivity index (χ4n) is 3.85. The Hall–Kier alpha value is -1.68. The second kappa shape index (κ2) is 7.26. The minimum absolute atomic E-state index is 0.0864. The van der Waals surface area contributed by atoms with E-state index in [1.54, 1.807) is 0 Å². The summed E-state index contributed by atoms with van der Waals surface area (Å²) in [6.07, 6.45) is 2.32. The number of quaternary nitrogens is 1. The molecule has 1 fully saturated rings.